The Hall–Kier alpha value is -2.24. The summed E-state index contributed by atoms with van der Waals surface area (Å²) in [4.78, 5) is 19.8. The molecular weight excluding hydrogens is 353 g/mol. The summed E-state index contributed by atoms with van der Waals surface area (Å²) in [5, 5.41) is 0. The van der Waals surface area contributed by atoms with E-state index in [1.807, 2.05) is 23.1 Å². The molecule has 2 aromatic rings. The number of benzene rings is 2. The summed E-state index contributed by atoms with van der Waals surface area (Å²) >= 11 is 0. The molecule has 0 radical (unpaired) electrons. The fourth-order valence-electron chi connectivity index (χ4n) is 4.46. The molecule has 2 fully saturated rings. The normalized spacial score (nSPS) is 23.9. The van der Waals surface area contributed by atoms with Crippen LogP contribution >= 0.6 is 0 Å². The number of carbonyl (C=O) groups is 1. The summed E-state index contributed by atoms with van der Waals surface area (Å²) in [7, 11) is 2.12. The number of halogens is 1. The summed E-state index contributed by atoms with van der Waals surface area (Å²) < 4.78 is 14.1. The number of likely N-dealkylation sites (tertiary alicyclic amines) is 1. The number of carbonyl (C=O) groups excluding carboxylic acids is 1. The Morgan fingerprint density at radius 2 is 1.79 bits per heavy atom. The molecule has 0 aliphatic carbocycles. The van der Waals surface area contributed by atoms with Crippen LogP contribution in [-0.2, 0) is 11.3 Å². The number of likely N-dealkylation sites (N-methyl/N-ethyl adjacent to an activating group) is 1. The monoisotopic (exact) mass is 381 g/mol. The Bertz CT molecular complexity index is 813. The van der Waals surface area contributed by atoms with E-state index < -0.39 is 0 Å². The zero-order chi connectivity index (χ0) is 19.5. The Balaban J connectivity index is 1.46. The first-order valence-corrected chi connectivity index (χ1v) is 10.1. The lowest BCUT2D eigenvalue weighted by atomic mass is 10.0. The Kier molecular flexibility index (Phi) is 5.74. The van der Waals surface area contributed by atoms with E-state index in [1.165, 1.54) is 11.6 Å². The highest BCUT2D eigenvalue weighted by atomic mass is 19.1. The van der Waals surface area contributed by atoms with Gasteiger partial charge in [0.15, 0.2) is 0 Å². The minimum atomic E-state index is -0.190. The van der Waals surface area contributed by atoms with Gasteiger partial charge in [-0.05, 0) is 38.1 Å². The number of nitrogens with zero attached hydrogens (tertiary/aromatic N) is 3. The third-order valence-corrected chi connectivity index (χ3v) is 6.12. The molecule has 0 spiro atoms. The van der Waals surface area contributed by atoms with Crippen LogP contribution in [-0.4, -0.2) is 59.9 Å². The molecule has 4 rings (SSSR count). The van der Waals surface area contributed by atoms with Crippen molar-refractivity contribution in [3.8, 4) is 0 Å². The van der Waals surface area contributed by atoms with Gasteiger partial charge in [-0.2, -0.15) is 0 Å². The Morgan fingerprint density at radius 3 is 2.57 bits per heavy atom. The quantitative estimate of drug-likeness (QED) is 0.813. The molecule has 2 saturated heterocycles. The van der Waals surface area contributed by atoms with Crippen molar-refractivity contribution in [1.29, 1.82) is 0 Å². The molecule has 0 saturated carbocycles. The van der Waals surface area contributed by atoms with Crippen LogP contribution in [0.25, 0.3) is 0 Å². The van der Waals surface area contributed by atoms with E-state index in [4.69, 9.17) is 0 Å². The van der Waals surface area contributed by atoms with Crippen molar-refractivity contribution in [1.82, 2.24) is 14.7 Å². The molecule has 0 aromatic heterocycles. The average Bonchev–Trinajstić information content (AvgIpc) is 3.18. The van der Waals surface area contributed by atoms with Crippen molar-refractivity contribution in [3.05, 3.63) is 71.5 Å². The fraction of sp³-hybridized carbons (Fsp3) is 0.435. The SMILES string of the molecule is CN1CCN(C(=O)C2CCCN2Cc2ccccc2F)CC1c1ccccc1. The average molecular weight is 381 g/mol. The molecule has 5 heteroatoms. The highest BCUT2D eigenvalue weighted by Gasteiger charge is 2.37. The predicted octanol–water partition coefficient (Wildman–Crippen LogP) is 3.31. The van der Waals surface area contributed by atoms with Crippen molar-refractivity contribution in [2.24, 2.45) is 0 Å². The van der Waals surface area contributed by atoms with Crippen LogP contribution in [0, 0.1) is 5.82 Å². The lowest BCUT2D eigenvalue weighted by Crippen LogP contribution is -2.53. The van der Waals surface area contributed by atoms with Gasteiger partial charge in [-0.3, -0.25) is 14.6 Å². The summed E-state index contributed by atoms with van der Waals surface area (Å²) in [6.07, 6.45) is 1.84. The van der Waals surface area contributed by atoms with E-state index in [9.17, 15) is 9.18 Å². The zero-order valence-electron chi connectivity index (χ0n) is 16.4. The molecule has 2 unspecified atom stereocenters. The first kappa shape index (κ1) is 19.1. The smallest absolute Gasteiger partial charge is 0.240 e. The standard InChI is InChI=1S/C23H28FN3O/c1-25-14-15-27(17-22(25)18-8-3-2-4-9-18)23(28)21-12-7-13-26(21)16-19-10-5-6-11-20(19)24/h2-6,8-11,21-22H,7,12-17H2,1H3. The molecule has 2 aliphatic rings. The molecule has 148 valence electrons. The number of piperazine rings is 1. The number of hydrogen-bond acceptors (Lipinski definition) is 3. The van der Waals surface area contributed by atoms with Crippen LogP contribution in [0.5, 0.6) is 0 Å². The van der Waals surface area contributed by atoms with Crippen molar-refractivity contribution in [3.63, 3.8) is 0 Å². The van der Waals surface area contributed by atoms with Crippen LogP contribution < -0.4 is 0 Å². The molecule has 1 amide bonds. The van der Waals surface area contributed by atoms with Gasteiger partial charge < -0.3 is 4.90 Å². The highest BCUT2D eigenvalue weighted by Crippen LogP contribution is 2.27. The Morgan fingerprint density at radius 1 is 1.04 bits per heavy atom. The van der Waals surface area contributed by atoms with Gasteiger partial charge in [0.1, 0.15) is 5.82 Å². The number of amides is 1. The van der Waals surface area contributed by atoms with E-state index in [1.54, 1.807) is 6.07 Å². The number of rotatable bonds is 4. The highest BCUT2D eigenvalue weighted by molar-refractivity contribution is 5.82. The third-order valence-electron chi connectivity index (χ3n) is 6.12. The Labute approximate surface area is 166 Å². The van der Waals surface area contributed by atoms with E-state index in [2.05, 4.69) is 41.1 Å². The number of hydrogen-bond donors (Lipinski definition) is 0. The maximum Gasteiger partial charge on any atom is 0.240 e. The first-order chi connectivity index (χ1) is 13.6. The molecule has 2 aliphatic heterocycles. The summed E-state index contributed by atoms with van der Waals surface area (Å²) in [6, 6.07) is 17.4. The zero-order valence-corrected chi connectivity index (χ0v) is 16.4. The van der Waals surface area contributed by atoms with Gasteiger partial charge in [0.25, 0.3) is 0 Å². The maximum atomic E-state index is 14.1. The third kappa shape index (κ3) is 3.96. The van der Waals surface area contributed by atoms with E-state index in [0.29, 0.717) is 18.7 Å². The summed E-state index contributed by atoms with van der Waals surface area (Å²) in [5.74, 6) is 0.00667. The maximum absolute atomic E-state index is 14.1. The second-order valence-corrected chi connectivity index (χ2v) is 7.91. The molecule has 0 N–H and O–H groups in total. The van der Waals surface area contributed by atoms with Gasteiger partial charge in [0, 0.05) is 31.7 Å². The van der Waals surface area contributed by atoms with Gasteiger partial charge in [-0.15, -0.1) is 0 Å². The fourth-order valence-corrected chi connectivity index (χ4v) is 4.46. The molecule has 2 aromatic carbocycles. The van der Waals surface area contributed by atoms with Crippen molar-refractivity contribution >= 4 is 5.91 Å². The van der Waals surface area contributed by atoms with E-state index >= 15 is 0 Å². The van der Waals surface area contributed by atoms with Gasteiger partial charge in [-0.1, -0.05) is 48.5 Å². The first-order valence-electron chi connectivity index (χ1n) is 10.1. The van der Waals surface area contributed by atoms with Crippen LogP contribution in [0.4, 0.5) is 4.39 Å². The van der Waals surface area contributed by atoms with Crippen LogP contribution in [0.15, 0.2) is 54.6 Å². The van der Waals surface area contributed by atoms with Crippen molar-refractivity contribution in [2.45, 2.75) is 31.5 Å². The van der Waals surface area contributed by atoms with Crippen molar-refractivity contribution < 1.29 is 9.18 Å². The lowest BCUT2D eigenvalue weighted by molar-refractivity contribution is -0.139. The second kappa shape index (κ2) is 8.41. The minimum Gasteiger partial charge on any atom is -0.338 e. The largest absolute Gasteiger partial charge is 0.338 e. The van der Waals surface area contributed by atoms with Gasteiger partial charge in [0.2, 0.25) is 5.91 Å². The molecule has 2 atom stereocenters. The van der Waals surface area contributed by atoms with Gasteiger partial charge >= 0.3 is 0 Å². The minimum absolute atomic E-state index is 0.139. The van der Waals surface area contributed by atoms with Crippen molar-refractivity contribution in [2.75, 3.05) is 33.2 Å². The van der Waals surface area contributed by atoms with Gasteiger partial charge in [-0.25, -0.2) is 4.39 Å². The molecular formula is C23H28FN3O. The molecule has 4 nitrogen and oxygen atoms in total. The lowest BCUT2D eigenvalue weighted by Gasteiger charge is -2.41. The molecule has 2 heterocycles. The van der Waals surface area contributed by atoms with Crippen LogP contribution in [0.3, 0.4) is 0 Å². The van der Waals surface area contributed by atoms with Crippen LogP contribution in [0.2, 0.25) is 0 Å². The second-order valence-electron chi connectivity index (χ2n) is 7.91. The van der Waals surface area contributed by atoms with Crippen LogP contribution in [0.1, 0.15) is 30.0 Å². The van der Waals surface area contributed by atoms with E-state index in [-0.39, 0.29) is 23.8 Å². The molecule has 0 bridgehead atoms. The summed E-state index contributed by atoms with van der Waals surface area (Å²) in [6.45, 7) is 3.68. The van der Waals surface area contributed by atoms with E-state index in [0.717, 1.165) is 32.5 Å². The molecule has 28 heavy (non-hydrogen) atoms. The summed E-state index contributed by atoms with van der Waals surface area (Å²) in [5.41, 5.74) is 1.92. The van der Waals surface area contributed by atoms with Gasteiger partial charge in [0.05, 0.1) is 12.1 Å². The topological polar surface area (TPSA) is 26.8 Å². The predicted molar refractivity (Wildman–Crippen MR) is 108 cm³/mol.